The van der Waals surface area contributed by atoms with Crippen molar-refractivity contribution in [2.75, 3.05) is 23.3 Å². The van der Waals surface area contributed by atoms with Crippen LogP contribution in [-0.4, -0.2) is 37.5 Å². The fraction of sp³-hybridized carbons (Fsp3) is 0.406. The molecule has 0 aliphatic carbocycles. The minimum absolute atomic E-state index is 0.0375. The maximum atomic E-state index is 13.5. The molecule has 216 valence electrons. The normalized spacial score (nSPS) is 15.2. The number of halogens is 1. The van der Waals surface area contributed by atoms with E-state index in [2.05, 4.69) is 67.0 Å². The molecule has 1 aromatic carbocycles. The molecule has 0 amide bonds. The summed E-state index contributed by atoms with van der Waals surface area (Å²) in [5, 5.41) is 4.80. The first-order chi connectivity index (χ1) is 19.2. The summed E-state index contributed by atoms with van der Waals surface area (Å²) < 4.78 is 13.1. The molecular formula is C32H39ClN4O3Si. The van der Waals surface area contributed by atoms with Gasteiger partial charge in [0.25, 0.3) is 0 Å². The number of fused-ring (bicyclic) bond motifs is 1. The van der Waals surface area contributed by atoms with Gasteiger partial charge in [-0.2, -0.15) is 0 Å². The molecule has 4 aromatic rings. The number of pyridine rings is 2. The number of aromatic nitrogens is 2. The largest absolute Gasteiger partial charge is 0.455 e. The predicted octanol–water partition coefficient (Wildman–Crippen LogP) is 7.90. The summed E-state index contributed by atoms with van der Waals surface area (Å²) in [5.74, 6) is 1.33. The minimum atomic E-state index is -1.86. The Morgan fingerprint density at radius 3 is 2.56 bits per heavy atom. The van der Waals surface area contributed by atoms with Gasteiger partial charge in [-0.3, -0.25) is 9.78 Å². The van der Waals surface area contributed by atoms with E-state index in [0.29, 0.717) is 27.4 Å². The molecule has 1 saturated heterocycles. The molecular weight excluding hydrogens is 552 g/mol. The van der Waals surface area contributed by atoms with Crippen molar-refractivity contribution >= 4 is 42.4 Å². The molecule has 3 aromatic heterocycles. The van der Waals surface area contributed by atoms with Crippen LogP contribution in [0.2, 0.25) is 23.3 Å². The van der Waals surface area contributed by atoms with E-state index in [1.54, 1.807) is 25.4 Å². The van der Waals surface area contributed by atoms with Gasteiger partial charge in [-0.25, -0.2) is 4.98 Å². The average molecular weight is 591 g/mol. The summed E-state index contributed by atoms with van der Waals surface area (Å²) in [6, 6.07) is 11.3. The highest BCUT2D eigenvalue weighted by molar-refractivity contribution is 6.74. The number of nitrogens with zero attached hydrogens (tertiary/aromatic N) is 3. The van der Waals surface area contributed by atoms with E-state index in [1.807, 2.05) is 31.2 Å². The Kier molecular flexibility index (Phi) is 7.78. The number of aryl methyl sites for hydroxylation is 1. The maximum absolute atomic E-state index is 13.5. The van der Waals surface area contributed by atoms with Crippen LogP contribution < -0.4 is 15.6 Å². The Bertz CT molecular complexity index is 1640. The lowest BCUT2D eigenvalue weighted by atomic mass is 9.99. The zero-order valence-electron chi connectivity index (χ0n) is 25.1. The Morgan fingerprint density at radius 2 is 1.90 bits per heavy atom. The van der Waals surface area contributed by atoms with E-state index in [9.17, 15) is 4.79 Å². The highest BCUT2D eigenvalue weighted by atomic mass is 35.5. The molecule has 41 heavy (non-hydrogen) atoms. The van der Waals surface area contributed by atoms with Crippen LogP contribution in [0.4, 0.5) is 11.5 Å². The maximum Gasteiger partial charge on any atom is 0.196 e. The average Bonchev–Trinajstić information content (AvgIpc) is 2.89. The van der Waals surface area contributed by atoms with Gasteiger partial charge in [0.1, 0.15) is 16.5 Å². The van der Waals surface area contributed by atoms with Crippen molar-refractivity contribution < 1.29 is 8.84 Å². The highest BCUT2D eigenvalue weighted by Gasteiger charge is 2.42. The Morgan fingerprint density at radius 1 is 1.17 bits per heavy atom. The number of rotatable bonds is 7. The second kappa shape index (κ2) is 10.9. The van der Waals surface area contributed by atoms with Crippen LogP contribution in [0.15, 0.2) is 58.0 Å². The Balaban J connectivity index is 1.46. The Hall–Kier alpha value is -3.20. The molecule has 0 spiro atoms. The van der Waals surface area contributed by atoms with Gasteiger partial charge in [0.05, 0.1) is 23.2 Å². The van der Waals surface area contributed by atoms with Gasteiger partial charge in [-0.1, -0.05) is 38.4 Å². The monoisotopic (exact) mass is 590 g/mol. The summed E-state index contributed by atoms with van der Waals surface area (Å²) in [6.45, 7) is 18.7. The van der Waals surface area contributed by atoms with Crippen molar-refractivity contribution in [3.05, 3.63) is 80.9 Å². The van der Waals surface area contributed by atoms with Gasteiger partial charge in [-0.05, 0) is 74.8 Å². The molecule has 7 nitrogen and oxygen atoms in total. The molecule has 0 saturated carbocycles. The standard InChI is InChI=1S/C32H39ClN4O3Si/c1-19-14-24(30-25(15-19)28(38)20(2)29(39-30)22-10-9-13-34-16-22)21(3)35-26-11-12-27(33)36-31(26)37-17-23(18-37)40-41(7,8)32(4,5)6/h9-16,21,23,35H,17-18H2,1-8H3/t21-/m1/s1. The Labute approximate surface area is 248 Å². The van der Waals surface area contributed by atoms with Crippen LogP contribution in [0, 0.1) is 13.8 Å². The lowest BCUT2D eigenvalue weighted by Gasteiger charge is -2.47. The lowest BCUT2D eigenvalue weighted by Crippen LogP contribution is -2.58. The number of nitrogens with one attached hydrogen (secondary N) is 1. The second-order valence-corrected chi connectivity index (χ2v) is 17.8. The van der Waals surface area contributed by atoms with Crippen molar-refractivity contribution in [3.63, 3.8) is 0 Å². The van der Waals surface area contributed by atoms with Crippen molar-refractivity contribution in [2.45, 2.75) is 71.8 Å². The summed E-state index contributed by atoms with van der Waals surface area (Å²) in [6.07, 6.45) is 3.59. The van der Waals surface area contributed by atoms with Crippen LogP contribution in [0.3, 0.4) is 0 Å². The fourth-order valence-electron chi connectivity index (χ4n) is 5.03. The topological polar surface area (TPSA) is 80.5 Å². The van der Waals surface area contributed by atoms with Gasteiger partial charge in [0, 0.05) is 42.2 Å². The van der Waals surface area contributed by atoms with E-state index < -0.39 is 8.32 Å². The number of hydrogen-bond acceptors (Lipinski definition) is 7. The molecule has 1 atom stereocenters. The molecule has 1 N–H and O–H groups in total. The molecule has 5 rings (SSSR count). The van der Waals surface area contributed by atoms with Crippen LogP contribution in [0.1, 0.15) is 50.4 Å². The van der Waals surface area contributed by atoms with Crippen LogP contribution in [0.25, 0.3) is 22.3 Å². The minimum Gasteiger partial charge on any atom is -0.455 e. The number of benzene rings is 1. The van der Waals surface area contributed by atoms with E-state index in [0.717, 1.165) is 41.3 Å². The molecule has 9 heteroatoms. The van der Waals surface area contributed by atoms with E-state index in [1.165, 1.54) is 0 Å². The summed E-state index contributed by atoms with van der Waals surface area (Å²) in [4.78, 5) is 24.6. The zero-order chi connectivity index (χ0) is 29.7. The quantitative estimate of drug-likeness (QED) is 0.173. The van der Waals surface area contributed by atoms with E-state index in [4.69, 9.17) is 20.4 Å². The third-order valence-corrected chi connectivity index (χ3v) is 13.2. The van der Waals surface area contributed by atoms with Gasteiger partial charge < -0.3 is 19.1 Å². The van der Waals surface area contributed by atoms with Crippen LogP contribution in [0.5, 0.6) is 0 Å². The predicted molar refractivity (Wildman–Crippen MR) is 171 cm³/mol. The molecule has 1 aliphatic heterocycles. The highest BCUT2D eigenvalue weighted by Crippen LogP contribution is 2.40. The SMILES string of the molecule is Cc1cc([C@@H](C)Nc2ccc(Cl)nc2N2CC(O[Si](C)(C)C(C)(C)C)C2)c2oc(-c3cccnc3)c(C)c(=O)c2c1. The third-order valence-electron chi connectivity index (χ3n) is 8.41. The first kappa shape index (κ1) is 29.3. The smallest absolute Gasteiger partial charge is 0.196 e. The first-order valence-electron chi connectivity index (χ1n) is 14.1. The third kappa shape index (κ3) is 5.78. The zero-order valence-corrected chi connectivity index (χ0v) is 26.9. The number of hydrogen-bond donors (Lipinski definition) is 1. The van der Waals surface area contributed by atoms with Crippen molar-refractivity contribution in [1.82, 2.24) is 9.97 Å². The van der Waals surface area contributed by atoms with Gasteiger partial charge in [-0.15, -0.1) is 0 Å². The molecule has 1 aliphatic rings. The van der Waals surface area contributed by atoms with Gasteiger partial charge in [0.2, 0.25) is 0 Å². The first-order valence-corrected chi connectivity index (χ1v) is 17.4. The molecule has 0 bridgehead atoms. The molecule has 1 fully saturated rings. The van der Waals surface area contributed by atoms with Crippen molar-refractivity contribution in [3.8, 4) is 11.3 Å². The number of anilines is 2. The van der Waals surface area contributed by atoms with E-state index in [-0.39, 0.29) is 22.6 Å². The van der Waals surface area contributed by atoms with Crippen LogP contribution in [-0.2, 0) is 4.43 Å². The summed E-state index contributed by atoms with van der Waals surface area (Å²) in [7, 11) is -1.86. The molecule has 0 radical (unpaired) electrons. The molecule has 4 heterocycles. The summed E-state index contributed by atoms with van der Waals surface area (Å²) >= 11 is 6.36. The second-order valence-electron chi connectivity index (χ2n) is 12.6. The van der Waals surface area contributed by atoms with Gasteiger partial charge >= 0.3 is 0 Å². The van der Waals surface area contributed by atoms with Crippen LogP contribution >= 0.6 is 11.6 Å². The fourth-order valence-corrected chi connectivity index (χ4v) is 6.51. The molecule has 0 unspecified atom stereocenters. The van der Waals surface area contributed by atoms with Crippen molar-refractivity contribution in [1.29, 1.82) is 0 Å². The van der Waals surface area contributed by atoms with E-state index >= 15 is 0 Å². The van der Waals surface area contributed by atoms with Crippen molar-refractivity contribution in [2.24, 2.45) is 0 Å². The summed E-state index contributed by atoms with van der Waals surface area (Å²) in [5.41, 5.74) is 4.62. The lowest BCUT2D eigenvalue weighted by molar-refractivity contribution is 0.148. The van der Waals surface area contributed by atoms with Gasteiger partial charge in [0.15, 0.2) is 19.6 Å².